The number of aromatic nitrogens is 1. The topological polar surface area (TPSA) is 38.9 Å². The Labute approximate surface area is 73.6 Å². The Morgan fingerprint density at radius 2 is 2.00 bits per heavy atom. The fourth-order valence-corrected chi connectivity index (χ4v) is 0.905. The molecule has 1 heterocycles. The van der Waals surface area contributed by atoms with Crippen LogP contribution in [0.15, 0.2) is 18.2 Å². The van der Waals surface area contributed by atoms with Crippen molar-refractivity contribution in [3.8, 4) is 0 Å². The van der Waals surface area contributed by atoms with Crippen LogP contribution in [0.25, 0.3) is 0 Å². The lowest BCUT2D eigenvalue weighted by Crippen LogP contribution is -2.29. The van der Waals surface area contributed by atoms with Gasteiger partial charge in [0.15, 0.2) is 0 Å². The van der Waals surface area contributed by atoms with E-state index in [4.69, 9.17) is 5.73 Å². The highest BCUT2D eigenvalue weighted by molar-refractivity contribution is 5.14. The van der Waals surface area contributed by atoms with E-state index in [2.05, 4.69) is 4.98 Å². The van der Waals surface area contributed by atoms with Crippen LogP contribution >= 0.6 is 0 Å². The van der Waals surface area contributed by atoms with E-state index < -0.39 is 12.2 Å². The first-order valence-electron chi connectivity index (χ1n) is 3.67. The lowest BCUT2D eigenvalue weighted by molar-refractivity contribution is -0.150. The summed E-state index contributed by atoms with van der Waals surface area (Å²) >= 11 is 0. The van der Waals surface area contributed by atoms with Gasteiger partial charge >= 0.3 is 6.18 Å². The van der Waals surface area contributed by atoms with Crippen LogP contribution in [0, 0.1) is 6.92 Å². The third kappa shape index (κ3) is 2.42. The zero-order valence-corrected chi connectivity index (χ0v) is 6.97. The van der Waals surface area contributed by atoms with E-state index in [-0.39, 0.29) is 5.69 Å². The highest BCUT2D eigenvalue weighted by atomic mass is 19.4. The van der Waals surface area contributed by atoms with Crippen LogP contribution in [0.1, 0.15) is 17.4 Å². The maximum atomic E-state index is 12.1. The first-order valence-corrected chi connectivity index (χ1v) is 3.67. The highest BCUT2D eigenvalue weighted by Crippen LogP contribution is 2.29. The van der Waals surface area contributed by atoms with E-state index in [0.29, 0.717) is 5.69 Å². The molecule has 2 nitrogen and oxygen atoms in total. The van der Waals surface area contributed by atoms with Gasteiger partial charge in [-0.05, 0) is 19.1 Å². The summed E-state index contributed by atoms with van der Waals surface area (Å²) in [6, 6.07) is 2.40. The predicted molar refractivity (Wildman–Crippen MR) is 42.0 cm³/mol. The number of nitrogens with two attached hydrogens (primary N) is 1. The molecule has 0 spiro atoms. The summed E-state index contributed by atoms with van der Waals surface area (Å²) < 4.78 is 36.3. The zero-order chi connectivity index (χ0) is 10.1. The van der Waals surface area contributed by atoms with Gasteiger partial charge in [-0.3, -0.25) is 4.98 Å². The summed E-state index contributed by atoms with van der Waals surface area (Å²) in [4.78, 5) is 3.69. The van der Waals surface area contributed by atoms with Crippen molar-refractivity contribution in [1.82, 2.24) is 4.98 Å². The van der Waals surface area contributed by atoms with Crippen molar-refractivity contribution in [3.63, 3.8) is 0 Å². The first-order chi connectivity index (χ1) is 5.91. The molecule has 0 saturated heterocycles. The van der Waals surface area contributed by atoms with Crippen molar-refractivity contribution in [2.45, 2.75) is 19.1 Å². The van der Waals surface area contributed by atoms with Gasteiger partial charge < -0.3 is 5.73 Å². The summed E-state index contributed by atoms with van der Waals surface area (Å²) in [5.74, 6) is 0. The highest BCUT2D eigenvalue weighted by Gasteiger charge is 2.38. The first kappa shape index (κ1) is 9.98. The van der Waals surface area contributed by atoms with Gasteiger partial charge in [0.2, 0.25) is 0 Å². The lowest BCUT2D eigenvalue weighted by atomic mass is 10.2. The van der Waals surface area contributed by atoms with Gasteiger partial charge in [0, 0.05) is 5.69 Å². The van der Waals surface area contributed by atoms with E-state index in [9.17, 15) is 13.2 Å². The van der Waals surface area contributed by atoms with Crippen LogP contribution in [0.5, 0.6) is 0 Å². The van der Waals surface area contributed by atoms with Crippen LogP contribution in [0.3, 0.4) is 0 Å². The van der Waals surface area contributed by atoms with Gasteiger partial charge in [0.05, 0.1) is 5.69 Å². The molecule has 0 unspecified atom stereocenters. The molecule has 13 heavy (non-hydrogen) atoms. The summed E-state index contributed by atoms with van der Waals surface area (Å²) in [6.45, 7) is 1.62. The largest absolute Gasteiger partial charge is 0.409 e. The number of halogens is 3. The number of hydrogen-bond donors (Lipinski definition) is 1. The van der Waals surface area contributed by atoms with Gasteiger partial charge in [-0.25, -0.2) is 0 Å². The van der Waals surface area contributed by atoms with Crippen molar-refractivity contribution < 1.29 is 13.2 Å². The molecule has 72 valence electrons. The minimum absolute atomic E-state index is 0.146. The molecule has 0 radical (unpaired) electrons. The van der Waals surface area contributed by atoms with Crippen LogP contribution in [0.4, 0.5) is 13.2 Å². The quantitative estimate of drug-likeness (QED) is 0.735. The molecule has 0 aliphatic heterocycles. The molecule has 1 aromatic heterocycles. The predicted octanol–water partition coefficient (Wildman–Crippen LogP) is 1.95. The average Bonchev–Trinajstić information content (AvgIpc) is 2.01. The Bertz CT molecular complexity index is 296. The average molecular weight is 190 g/mol. The van der Waals surface area contributed by atoms with Crippen LogP contribution in [0.2, 0.25) is 0 Å². The minimum Gasteiger partial charge on any atom is -0.315 e. The molecule has 0 bridgehead atoms. The van der Waals surface area contributed by atoms with Crippen molar-refractivity contribution in [2.24, 2.45) is 5.73 Å². The van der Waals surface area contributed by atoms with Gasteiger partial charge in [-0.1, -0.05) is 6.07 Å². The number of aryl methyl sites for hydroxylation is 1. The second-order valence-corrected chi connectivity index (χ2v) is 2.72. The third-order valence-electron chi connectivity index (χ3n) is 1.58. The molecule has 0 aliphatic rings. The van der Waals surface area contributed by atoms with Crippen LogP contribution < -0.4 is 5.73 Å². The number of nitrogens with zero attached hydrogens (tertiary/aromatic N) is 1. The second kappa shape index (κ2) is 3.33. The molecule has 1 rings (SSSR count). The Morgan fingerprint density at radius 1 is 1.38 bits per heavy atom. The van der Waals surface area contributed by atoms with Crippen molar-refractivity contribution in [3.05, 3.63) is 29.6 Å². The van der Waals surface area contributed by atoms with Gasteiger partial charge in [0.25, 0.3) is 0 Å². The molecule has 1 atom stereocenters. The number of pyridine rings is 1. The monoisotopic (exact) mass is 190 g/mol. The Hall–Kier alpha value is -1.10. The minimum atomic E-state index is -4.43. The van der Waals surface area contributed by atoms with Gasteiger partial charge in [-0.15, -0.1) is 0 Å². The Morgan fingerprint density at radius 3 is 2.46 bits per heavy atom. The molecule has 0 aliphatic carbocycles. The number of rotatable bonds is 1. The van der Waals surface area contributed by atoms with Crippen molar-refractivity contribution >= 4 is 0 Å². The SMILES string of the molecule is Cc1cccc([C@@H](N)C(F)(F)F)n1. The van der Waals surface area contributed by atoms with Crippen LogP contribution in [-0.4, -0.2) is 11.2 Å². The molecule has 5 heteroatoms. The Kier molecular flexibility index (Phi) is 2.56. The van der Waals surface area contributed by atoms with Gasteiger partial charge in [0.1, 0.15) is 6.04 Å². The van der Waals surface area contributed by atoms with E-state index >= 15 is 0 Å². The van der Waals surface area contributed by atoms with Crippen LogP contribution in [-0.2, 0) is 0 Å². The van der Waals surface area contributed by atoms with E-state index in [1.165, 1.54) is 12.1 Å². The standard InChI is InChI=1S/C8H9F3N2/c1-5-3-2-4-6(13-5)7(12)8(9,10)11/h2-4,7H,12H2,1H3/t7-/m1/s1. The van der Waals surface area contributed by atoms with Crippen molar-refractivity contribution in [2.75, 3.05) is 0 Å². The molecule has 0 aromatic carbocycles. The fourth-order valence-electron chi connectivity index (χ4n) is 0.905. The maximum absolute atomic E-state index is 12.1. The maximum Gasteiger partial charge on any atom is 0.409 e. The molecule has 0 amide bonds. The smallest absolute Gasteiger partial charge is 0.315 e. The molecular formula is C8H9F3N2. The van der Waals surface area contributed by atoms with E-state index in [1.54, 1.807) is 13.0 Å². The van der Waals surface area contributed by atoms with Crippen molar-refractivity contribution in [1.29, 1.82) is 0 Å². The molecule has 2 N–H and O–H groups in total. The third-order valence-corrected chi connectivity index (χ3v) is 1.58. The fraction of sp³-hybridized carbons (Fsp3) is 0.375. The summed E-state index contributed by atoms with van der Waals surface area (Å²) in [7, 11) is 0. The summed E-state index contributed by atoms with van der Waals surface area (Å²) in [5, 5.41) is 0. The van der Waals surface area contributed by atoms with Gasteiger partial charge in [-0.2, -0.15) is 13.2 Å². The number of alkyl halides is 3. The molecule has 0 saturated carbocycles. The lowest BCUT2D eigenvalue weighted by Gasteiger charge is -2.14. The molecule has 0 fully saturated rings. The molecule has 1 aromatic rings. The molecular weight excluding hydrogens is 181 g/mol. The Balaban J connectivity index is 2.96. The summed E-state index contributed by atoms with van der Waals surface area (Å²) in [6.07, 6.45) is -4.43. The normalized spacial score (nSPS) is 14.2. The van der Waals surface area contributed by atoms with E-state index in [1.807, 2.05) is 0 Å². The summed E-state index contributed by atoms with van der Waals surface area (Å²) in [5.41, 5.74) is 5.33. The number of hydrogen-bond acceptors (Lipinski definition) is 2. The second-order valence-electron chi connectivity index (χ2n) is 2.72. The zero-order valence-electron chi connectivity index (χ0n) is 6.97. The van der Waals surface area contributed by atoms with E-state index in [0.717, 1.165) is 0 Å².